The molecule has 0 spiro atoms. The fraction of sp³-hybridized carbons (Fsp3) is 0.600. The first-order valence-electron chi connectivity index (χ1n) is 6.97. The van der Waals surface area contributed by atoms with Crippen LogP contribution in [0.25, 0.3) is 0 Å². The molecule has 1 atom stereocenters. The number of morpholine rings is 1. The van der Waals surface area contributed by atoms with Gasteiger partial charge in [0.1, 0.15) is 18.5 Å². The molecule has 1 aromatic rings. The lowest BCUT2D eigenvalue weighted by Crippen LogP contribution is -2.55. The van der Waals surface area contributed by atoms with E-state index in [0.717, 1.165) is 6.54 Å². The summed E-state index contributed by atoms with van der Waals surface area (Å²) in [5.74, 6) is 0.618. The van der Waals surface area contributed by atoms with E-state index in [1.165, 1.54) is 0 Å². The monoisotopic (exact) mass is 280 g/mol. The van der Waals surface area contributed by atoms with Crippen molar-refractivity contribution in [3.8, 4) is 5.75 Å². The van der Waals surface area contributed by atoms with Gasteiger partial charge in [0.05, 0.1) is 18.9 Å². The summed E-state index contributed by atoms with van der Waals surface area (Å²) >= 11 is 0. The van der Waals surface area contributed by atoms with E-state index in [0.29, 0.717) is 31.2 Å². The Balaban J connectivity index is 1.83. The van der Waals surface area contributed by atoms with Gasteiger partial charge in [-0.1, -0.05) is 12.1 Å². The van der Waals surface area contributed by atoms with Gasteiger partial charge in [0, 0.05) is 18.6 Å². The first-order valence-corrected chi connectivity index (χ1v) is 6.97. The minimum atomic E-state index is -0.549. The zero-order chi connectivity index (χ0) is 14.6. The van der Waals surface area contributed by atoms with E-state index in [-0.39, 0.29) is 12.1 Å². The quantitative estimate of drug-likeness (QED) is 0.791. The highest BCUT2D eigenvalue weighted by atomic mass is 16.5. The molecule has 0 bridgehead atoms. The Bertz CT molecular complexity index is 437. The minimum absolute atomic E-state index is 0.0506. The second kappa shape index (κ2) is 6.43. The predicted octanol–water partition coefficient (Wildman–Crippen LogP) is 1.12. The maximum absolute atomic E-state index is 10.1. The summed E-state index contributed by atoms with van der Waals surface area (Å²) in [7, 11) is 0. The molecule has 1 aromatic carbocycles. The fourth-order valence-corrected chi connectivity index (χ4v) is 2.33. The summed E-state index contributed by atoms with van der Waals surface area (Å²) < 4.78 is 11.0. The second-order valence-electron chi connectivity index (χ2n) is 5.81. The highest BCUT2D eigenvalue weighted by Gasteiger charge is 2.31. The zero-order valence-corrected chi connectivity index (χ0v) is 12.2. The Kier molecular flexibility index (Phi) is 4.86. The normalized spacial score (nSPS) is 20.6. The third kappa shape index (κ3) is 3.85. The van der Waals surface area contributed by atoms with E-state index in [4.69, 9.17) is 15.2 Å². The smallest absolute Gasteiger partial charge is 0.142 e. The van der Waals surface area contributed by atoms with Crippen molar-refractivity contribution in [2.45, 2.75) is 25.5 Å². The first kappa shape index (κ1) is 15.1. The Labute approximate surface area is 120 Å². The molecular formula is C15H24N2O3. The topological polar surface area (TPSA) is 68.0 Å². The predicted molar refractivity (Wildman–Crippen MR) is 78.8 cm³/mol. The van der Waals surface area contributed by atoms with Gasteiger partial charge in [-0.25, -0.2) is 0 Å². The Morgan fingerprint density at radius 1 is 1.45 bits per heavy atom. The molecule has 1 unspecified atom stereocenters. The molecule has 5 heteroatoms. The molecule has 0 aliphatic carbocycles. The molecule has 112 valence electrons. The molecular weight excluding hydrogens is 256 g/mol. The van der Waals surface area contributed by atoms with Gasteiger partial charge in [0.2, 0.25) is 0 Å². The first-order chi connectivity index (χ1) is 9.49. The van der Waals surface area contributed by atoms with Crippen LogP contribution in [-0.2, 0) is 4.74 Å². The molecule has 0 saturated carbocycles. The summed E-state index contributed by atoms with van der Waals surface area (Å²) in [6, 6.07) is 7.31. The molecule has 0 aromatic heterocycles. The van der Waals surface area contributed by atoms with Crippen molar-refractivity contribution in [3.05, 3.63) is 24.3 Å². The van der Waals surface area contributed by atoms with E-state index in [2.05, 4.69) is 18.7 Å². The molecule has 1 saturated heterocycles. The van der Waals surface area contributed by atoms with Crippen LogP contribution in [0.2, 0.25) is 0 Å². The summed E-state index contributed by atoms with van der Waals surface area (Å²) in [4.78, 5) is 2.23. The minimum Gasteiger partial charge on any atom is -0.489 e. The number of β-amino-alcohol motifs (C(OH)–C–C–N with tert-alkyl or cyclic N) is 1. The molecule has 5 nitrogen and oxygen atoms in total. The lowest BCUT2D eigenvalue weighted by Gasteiger charge is -2.42. The van der Waals surface area contributed by atoms with Crippen LogP contribution in [0.1, 0.15) is 13.8 Å². The number of hydrogen-bond donors (Lipinski definition) is 2. The molecule has 1 fully saturated rings. The highest BCUT2D eigenvalue weighted by Crippen LogP contribution is 2.21. The number of para-hydroxylation sites is 2. The molecule has 20 heavy (non-hydrogen) atoms. The van der Waals surface area contributed by atoms with Crippen LogP contribution in [0.5, 0.6) is 5.75 Å². The van der Waals surface area contributed by atoms with Crippen molar-refractivity contribution in [2.75, 3.05) is 38.6 Å². The zero-order valence-electron chi connectivity index (χ0n) is 12.2. The van der Waals surface area contributed by atoms with Crippen LogP contribution in [0.4, 0.5) is 5.69 Å². The van der Waals surface area contributed by atoms with Crippen molar-refractivity contribution in [1.82, 2.24) is 4.90 Å². The SMILES string of the molecule is CC1(C)COCCN1CC(O)COc1ccccc1N. The van der Waals surface area contributed by atoms with E-state index < -0.39 is 6.10 Å². The summed E-state index contributed by atoms with van der Waals surface area (Å²) in [5.41, 5.74) is 6.34. The summed E-state index contributed by atoms with van der Waals surface area (Å²) in [6.07, 6.45) is -0.549. The van der Waals surface area contributed by atoms with Crippen LogP contribution < -0.4 is 10.5 Å². The van der Waals surface area contributed by atoms with E-state index in [9.17, 15) is 5.11 Å². The van der Waals surface area contributed by atoms with Crippen LogP contribution in [0, 0.1) is 0 Å². The van der Waals surface area contributed by atoms with Gasteiger partial charge in [0.25, 0.3) is 0 Å². The largest absolute Gasteiger partial charge is 0.489 e. The highest BCUT2D eigenvalue weighted by molar-refractivity contribution is 5.51. The van der Waals surface area contributed by atoms with Crippen molar-refractivity contribution < 1.29 is 14.6 Å². The van der Waals surface area contributed by atoms with Gasteiger partial charge in [-0.3, -0.25) is 4.90 Å². The average Bonchev–Trinajstić information content (AvgIpc) is 2.40. The second-order valence-corrected chi connectivity index (χ2v) is 5.81. The molecule has 0 radical (unpaired) electrons. The standard InChI is InChI=1S/C15H24N2O3/c1-15(2)11-19-8-7-17(15)9-12(18)10-20-14-6-4-3-5-13(14)16/h3-6,12,18H,7-11,16H2,1-2H3. The molecule has 1 aliphatic rings. The van der Waals surface area contributed by atoms with Crippen LogP contribution in [-0.4, -0.2) is 54.6 Å². The number of rotatable bonds is 5. The van der Waals surface area contributed by atoms with Crippen LogP contribution >= 0.6 is 0 Å². The Hall–Kier alpha value is -1.30. The number of benzene rings is 1. The molecule has 3 N–H and O–H groups in total. The van der Waals surface area contributed by atoms with Gasteiger partial charge < -0.3 is 20.3 Å². The average molecular weight is 280 g/mol. The Morgan fingerprint density at radius 2 is 2.20 bits per heavy atom. The molecule has 1 aliphatic heterocycles. The number of nitrogens with two attached hydrogens (primary N) is 1. The van der Waals surface area contributed by atoms with E-state index >= 15 is 0 Å². The molecule has 2 rings (SSSR count). The number of aliphatic hydroxyl groups is 1. The van der Waals surface area contributed by atoms with Crippen LogP contribution in [0.15, 0.2) is 24.3 Å². The molecule has 0 amide bonds. The van der Waals surface area contributed by atoms with Crippen molar-refractivity contribution in [2.24, 2.45) is 0 Å². The summed E-state index contributed by atoms with van der Waals surface area (Å²) in [6.45, 7) is 7.28. The van der Waals surface area contributed by atoms with Gasteiger partial charge in [-0.05, 0) is 26.0 Å². The maximum atomic E-state index is 10.1. The van der Waals surface area contributed by atoms with Gasteiger partial charge in [-0.2, -0.15) is 0 Å². The number of ether oxygens (including phenoxy) is 2. The number of anilines is 1. The number of nitrogens with zero attached hydrogens (tertiary/aromatic N) is 1. The van der Waals surface area contributed by atoms with E-state index in [1.807, 2.05) is 12.1 Å². The van der Waals surface area contributed by atoms with Crippen LogP contribution in [0.3, 0.4) is 0 Å². The number of aliphatic hydroxyl groups excluding tert-OH is 1. The summed E-state index contributed by atoms with van der Waals surface area (Å²) in [5, 5.41) is 10.1. The third-order valence-electron chi connectivity index (χ3n) is 3.60. The fourth-order valence-electron chi connectivity index (χ4n) is 2.33. The van der Waals surface area contributed by atoms with Crippen molar-refractivity contribution in [1.29, 1.82) is 0 Å². The lowest BCUT2D eigenvalue weighted by atomic mass is 10.0. The third-order valence-corrected chi connectivity index (χ3v) is 3.60. The van der Waals surface area contributed by atoms with E-state index in [1.54, 1.807) is 12.1 Å². The van der Waals surface area contributed by atoms with Gasteiger partial charge in [-0.15, -0.1) is 0 Å². The van der Waals surface area contributed by atoms with Crippen molar-refractivity contribution >= 4 is 5.69 Å². The maximum Gasteiger partial charge on any atom is 0.142 e. The van der Waals surface area contributed by atoms with Gasteiger partial charge in [0.15, 0.2) is 0 Å². The lowest BCUT2D eigenvalue weighted by molar-refractivity contribution is -0.0702. The van der Waals surface area contributed by atoms with Crippen molar-refractivity contribution in [3.63, 3.8) is 0 Å². The Morgan fingerprint density at radius 3 is 2.90 bits per heavy atom. The number of hydrogen-bond acceptors (Lipinski definition) is 5. The molecule has 1 heterocycles. The number of nitrogen functional groups attached to an aromatic ring is 1. The van der Waals surface area contributed by atoms with Gasteiger partial charge >= 0.3 is 0 Å².